The van der Waals surface area contributed by atoms with Crippen molar-refractivity contribution in [3.05, 3.63) is 90.3 Å². The summed E-state index contributed by atoms with van der Waals surface area (Å²) in [6, 6.07) is 18.6. The summed E-state index contributed by atoms with van der Waals surface area (Å²) < 4.78 is 15.7. The third kappa shape index (κ3) is 3.67. The SMILES string of the molecule is Cc1nccc(-c2cccc(-c3cnc4ccc(N5CCC[C@@H]5c5cccc(F)c5)nn34)n2)n1. The minimum absolute atomic E-state index is 0.0927. The summed E-state index contributed by atoms with van der Waals surface area (Å²) >= 11 is 0. The average molecular weight is 452 g/mol. The minimum atomic E-state index is -0.213. The molecule has 168 valence electrons. The predicted molar refractivity (Wildman–Crippen MR) is 128 cm³/mol. The first-order chi connectivity index (χ1) is 16.7. The van der Waals surface area contributed by atoms with Gasteiger partial charge in [-0.2, -0.15) is 0 Å². The van der Waals surface area contributed by atoms with Crippen molar-refractivity contribution in [2.45, 2.75) is 25.8 Å². The van der Waals surface area contributed by atoms with E-state index in [0.29, 0.717) is 5.82 Å². The Labute approximate surface area is 196 Å². The van der Waals surface area contributed by atoms with E-state index in [4.69, 9.17) is 10.1 Å². The molecule has 0 N–H and O–H groups in total. The summed E-state index contributed by atoms with van der Waals surface area (Å²) in [6.07, 6.45) is 5.51. The smallest absolute Gasteiger partial charge is 0.154 e. The van der Waals surface area contributed by atoms with Crippen molar-refractivity contribution in [3.8, 4) is 22.8 Å². The molecule has 1 atom stereocenters. The van der Waals surface area contributed by atoms with Gasteiger partial charge in [-0.3, -0.25) is 0 Å². The number of halogens is 1. The highest BCUT2D eigenvalue weighted by Crippen LogP contribution is 2.35. The third-order valence-electron chi connectivity index (χ3n) is 6.18. The molecule has 6 rings (SSSR count). The summed E-state index contributed by atoms with van der Waals surface area (Å²) in [5.41, 5.74) is 4.80. The van der Waals surface area contributed by atoms with Crippen molar-refractivity contribution in [2.24, 2.45) is 0 Å². The van der Waals surface area contributed by atoms with Crippen molar-refractivity contribution in [1.29, 1.82) is 0 Å². The molecule has 0 aliphatic carbocycles. The first-order valence-corrected chi connectivity index (χ1v) is 11.3. The van der Waals surface area contributed by atoms with E-state index in [-0.39, 0.29) is 11.9 Å². The Morgan fingerprint density at radius 1 is 0.912 bits per heavy atom. The summed E-state index contributed by atoms with van der Waals surface area (Å²) in [4.78, 5) is 20.3. The lowest BCUT2D eigenvalue weighted by atomic mass is 10.0. The van der Waals surface area contributed by atoms with E-state index in [0.717, 1.165) is 59.2 Å². The molecule has 5 aromatic rings. The number of pyridine rings is 1. The van der Waals surface area contributed by atoms with Crippen molar-refractivity contribution in [1.82, 2.24) is 29.5 Å². The standard InChI is InChI=1S/C26H22FN7/c1-17-28-13-12-21(30-17)20-7-3-8-22(31-20)24-16-29-25-10-11-26(32-34(24)25)33-14-4-9-23(33)18-5-2-6-19(27)15-18/h2-3,5-8,10-13,15-16,23H,4,9,14H2,1H3/t23-/m1/s1. The Balaban J connectivity index is 1.39. The van der Waals surface area contributed by atoms with E-state index in [1.807, 2.05) is 53.9 Å². The highest BCUT2D eigenvalue weighted by molar-refractivity contribution is 5.64. The van der Waals surface area contributed by atoms with Gasteiger partial charge in [-0.1, -0.05) is 18.2 Å². The number of imidazole rings is 1. The Kier molecular flexibility index (Phi) is 4.98. The monoisotopic (exact) mass is 451 g/mol. The Morgan fingerprint density at radius 2 is 1.76 bits per heavy atom. The van der Waals surface area contributed by atoms with Crippen LogP contribution in [-0.4, -0.2) is 36.1 Å². The number of aryl methyl sites for hydroxylation is 1. The van der Waals surface area contributed by atoms with Gasteiger partial charge in [0.25, 0.3) is 0 Å². The quantitative estimate of drug-likeness (QED) is 0.381. The molecule has 1 saturated heterocycles. The van der Waals surface area contributed by atoms with Crippen LogP contribution >= 0.6 is 0 Å². The van der Waals surface area contributed by atoms with E-state index < -0.39 is 0 Å². The van der Waals surface area contributed by atoms with Gasteiger partial charge in [-0.05, 0) is 67.8 Å². The number of aromatic nitrogens is 6. The van der Waals surface area contributed by atoms with E-state index in [9.17, 15) is 4.39 Å². The molecule has 7 nitrogen and oxygen atoms in total. The zero-order valence-corrected chi connectivity index (χ0v) is 18.6. The molecule has 1 fully saturated rings. The van der Waals surface area contributed by atoms with Crippen LogP contribution in [0.15, 0.2) is 73.1 Å². The third-order valence-corrected chi connectivity index (χ3v) is 6.18. The number of hydrogen-bond acceptors (Lipinski definition) is 6. The molecule has 8 heteroatoms. The zero-order chi connectivity index (χ0) is 23.1. The molecular weight excluding hydrogens is 429 g/mol. The maximum atomic E-state index is 13.9. The van der Waals surface area contributed by atoms with E-state index >= 15 is 0 Å². The number of rotatable bonds is 4. The van der Waals surface area contributed by atoms with E-state index in [1.165, 1.54) is 6.07 Å². The van der Waals surface area contributed by atoms with Gasteiger partial charge in [0.05, 0.1) is 29.3 Å². The second kappa shape index (κ2) is 8.30. The van der Waals surface area contributed by atoms with Crippen molar-refractivity contribution in [2.75, 3.05) is 11.4 Å². The maximum Gasteiger partial charge on any atom is 0.154 e. The second-order valence-electron chi connectivity index (χ2n) is 8.41. The number of anilines is 1. The fraction of sp³-hybridized carbons (Fsp3) is 0.192. The molecular formula is C26H22FN7. The number of benzene rings is 1. The van der Waals surface area contributed by atoms with Gasteiger partial charge >= 0.3 is 0 Å². The molecule has 1 aliphatic heterocycles. The van der Waals surface area contributed by atoms with E-state index in [2.05, 4.69) is 19.9 Å². The van der Waals surface area contributed by atoms with Crippen LogP contribution in [0.5, 0.6) is 0 Å². The van der Waals surface area contributed by atoms with Crippen molar-refractivity contribution >= 4 is 11.5 Å². The summed E-state index contributed by atoms with van der Waals surface area (Å²) in [6.45, 7) is 2.73. The fourth-order valence-electron chi connectivity index (χ4n) is 4.61. The molecule has 0 unspecified atom stereocenters. The molecule has 4 aromatic heterocycles. The molecule has 0 amide bonds. The largest absolute Gasteiger partial charge is 0.348 e. The minimum Gasteiger partial charge on any atom is -0.348 e. The first-order valence-electron chi connectivity index (χ1n) is 11.3. The molecule has 1 aromatic carbocycles. The van der Waals surface area contributed by atoms with Crippen LogP contribution in [0.4, 0.5) is 10.2 Å². The topological polar surface area (TPSA) is 72.1 Å². The lowest BCUT2D eigenvalue weighted by molar-refractivity contribution is 0.617. The lowest BCUT2D eigenvalue weighted by Crippen LogP contribution is -2.24. The molecule has 0 radical (unpaired) electrons. The zero-order valence-electron chi connectivity index (χ0n) is 18.6. The van der Waals surface area contributed by atoms with E-state index in [1.54, 1.807) is 24.5 Å². The van der Waals surface area contributed by atoms with Crippen LogP contribution in [0.1, 0.15) is 30.3 Å². The van der Waals surface area contributed by atoms with Crippen LogP contribution < -0.4 is 4.90 Å². The van der Waals surface area contributed by atoms with Crippen LogP contribution in [-0.2, 0) is 0 Å². The predicted octanol–water partition coefficient (Wildman–Crippen LogP) is 5.04. The Morgan fingerprint density at radius 3 is 2.65 bits per heavy atom. The molecule has 0 saturated carbocycles. The van der Waals surface area contributed by atoms with Gasteiger partial charge in [0.15, 0.2) is 5.65 Å². The number of fused-ring (bicyclic) bond motifs is 1. The first kappa shape index (κ1) is 20.4. The average Bonchev–Trinajstić information content (AvgIpc) is 3.51. The second-order valence-corrected chi connectivity index (χ2v) is 8.41. The molecule has 5 heterocycles. The van der Waals surface area contributed by atoms with Crippen LogP contribution in [0.25, 0.3) is 28.4 Å². The number of nitrogens with zero attached hydrogens (tertiary/aromatic N) is 7. The lowest BCUT2D eigenvalue weighted by Gasteiger charge is -2.26. The molecule has 1 aliphatic rings. The maximum absolute atomic E-state index is 13.9. The highest BCUT2D eigenvalue weighted by Gasteiger charge is 2.28. The molecule has 34 heavy (non-hydrogen) atoms. The normalized spacial score (nSPS) is 15.8. The summed E-state index contributed by atoms with van der Waals surface area (Å²) in [5, 5.41) is 4.93. The van der Waals surface area contributed by atoms with Gasteiger partial charge in [0.1, 0.15) is 23.2 Å². The van der Waals surface area contributed by atoms with Crippen molar-refractivity contribution < 1.29 is 4.39 Å². The fourth-order valence-corrected chi connectivity index (χ4v) is 4.61. The highest BCUT2D eigenvalue weighted by atomic mass is 19.1. The van der Waals surface area contributed by atoms with Gasteiger partial charge in [-0.25, -0.2) is 28.8 Å². The van der Waals surface area contributed by atoms with Crippen LogP contribution in [0.3, 0.4) is 0 Å². The molecule has 0 bridgehead atoms. The summed E-state index contributed by atoms with van der Waals surface area (Å²) in [7, 11) is 0. The number of hydrogen-bond donors (Lipinski definition) is 0. The van der Waals surface area contributed by atoms with Gasteiger partial charge in [0, 0.05) is 12.7 Å². The Hall–Kier alpha value is -4.20. The van der Waals surface area contributed by atoms with Gasteiger partial charge in [0.2, 0.25) is 0 Å². The van der Waals surface area contributed by atoms with Gasteiger partial charge in [-0.15, -0.1) is 5.10 Å². The Bertz CT molecular complexity index is 1500. The molecule has 0 spiro atoms. The summed E-state index contributed by atoms with van der Waals surface area (Å²) in [5.74, 6) is 1.32. The van der Waals surface area contributed by atoms with Crippen molar-refractivity contribution in [3.63, 3.8) is 0 Å². The van der Waals surface area contributed by atoms with Crippen LogP contribution in [0, 0.1) is 12.7 Å². The van der Waals surface area contributed by atoms with Gasteiger partial charge < -0.3 is 4.90 Å². The van der Waals surface area contributed by atoms with Crippen LogP contribution in [0.2, 0.25) is 0 Å².